The van der Waals surface area contributed by atoms with Crippen molar-refractivity contribution in [3.8, 4) is 0 Å². The van der Waals surface area contributed by atoms with Gasteiger partial charge in [-0.1, -0.05) is 11.8 Å². The van der Waals surface area contributed by atoms with Crippen molar-refractivity contribution in [2.45, 2.75) is 41.5 Å². The number of nitro benzene ring substituents is 1. The minimum atomic E-state index is -3.83. The fourth-order valence-corrected chi connectivity index (χ4v) is 4.38. The lowest BCUT2D eigenvalue weighted by Crippen LogP contribution is -2.30. The van der Waals surface area contributed by atoms with E-state index in [4.69, 9.17) is 0 Å². The molecule has 0 radical (unpaired) electrons. The monoisotopic (exact) mass is 409 g/mol. The van der Waals surface area contributed by atoms with Gasteiger partial charge in [-0.15, -0.1) is 0 Å². The summed E-state index contributed by atoms with van der Waals surface area (Å²) >= 11 is 1.13. The number of nitrogens with zero attached hydrogens (tertiary/aromatic N) is 1. The van der Waals surface area contributed by atoms with Crippen molar-refractivity contribution in [3.05, 3.63) is 52.6 Å². The van der Waals surface area contributed by atoms with Crippen LogP contribution in [0.25, 0.3) is 0 Å². The lowest BCUT2D eigenvalue weighted by atomic mass is 10.3. The highest BCUT2D eigenvalue weighted by Gasteiger charge is 2.22. The maximum absolute atomic E-state index is 12.2. The van der Waals surface area contributed by atoms with Gasteiger partial charge in [0.2, 0.25) is 15.9 Å². The fraction of sp³-hybridized carbons (Fsp3) is 0.235. The second kappa shape index (κ2) is 8.51. The predicted octanol–water partition coefficient (Wildman–Crippen LogP) is 3.39. The normalized spacial score (nSPS) is 11.4. The fourth-order valence-electron chi connectivity index (χ4n) is 2.21. The van der Waals surface area contributed by atoms with Gasteiger partial charge < -0.3 is 5.32 Å². The second-order valence-corrected chi connectivity index (χ2v) is 8.80. The van der Waals surface area contributed by atoms with E-state index in [0.29, 0.717) is 15.5 Å². The third-order valence-corrected chi connectivity index (χ3v) is 5.96. The van der Waals surface area contributed by atoms with E-state index in [1.807, 2.05) is 0 Å². The largest absolute Gasteiger partial charge is 0.326 e. The van der Waals surface area contributed by atoms with Gasteiger partial charge in [-0.2, -0.15) is 0 Å². The van der Waals surface area contributed by atoms with E-state index in [9.17, 15) is 23.3 Å². The molecule has 0 fully saturated rings. The third kappa shape index (κ3) is 5.78. The molecule has 0 atom stereocenters. The van der Waals surface area contributed by atoms with Gasteiger partial charge >= 0.3 is 0 Å². The average Bonchev–Trinajstić information content (AvgIpc) is 2.55. The molecule has 144 valence electrons. The minimum absolute atomic E-state index is 0.159. The SMILES string of the molecule is CC(=O)Nc1ccc(Sc2ccc(S(=O)(=O)NC(C)C)cc2[N+](=O)[O-])cc1. The van der Waals surface area contributed by atoms with Crippen LogP contribution in [0.1, 0.15) is 20.8 Å². The van der Waals surface area contributed by atoms with Crippen LogP contribution in [-0.2, 0) is 14.8 Å². The number of carbonyl (C=O) groups excluding carboxylic acids is 1. The molecule has 1 amide bonds. The third-order valence-electron chi connectivity index (χ3n) is 3.23. The Bertz CT molecular complexity index is 957. The molecule has 0 aliphatic rings. The van der Waals surface area contributed by atoms with E-state index < -0.39 is 14.9 Å². The van der Waals surface area contributed by atoms with Gasteiger partial charge in [0.1, 0.15) is 0 Å². The Kier molecular flexibility index (Phi) is 6.58. The Labute approximate surface area is 161 Å². The van der Waals surface area contributed by atoms with Crippen LogP contribution in [0, 0.1) is 10.1 Å². The molecule has 2 N–H and O–H groups in total. The molecular formula is C17H19N3O5S2. The average molecular weight is 409 g/mol. The lowest BCUT2D eigenvalue weighted by molar-refractivity contribution is -0.388. The highest BCUT2D eigenvalue weighted by molar-refractivity contribution is 7.99. The van der Waals surface area contributed by atoms with Gasteiger partial charge in [-0.3, -0.25) is 14.9 Å². The number of amides is 1. The molecule has 0 aliphatic carbocycles. The number of nitro groups is 1. The highest BCUT2D eigenvalue weighted by atomic mass is 32.2. The van der Waals surface area contributed by atoms with Crippen molar-refractivity contribution in [2.75, 3.05) is 5.32 Å². The molecule has 10 heteroatoms. The molecule has 2 aromatic carbocycles. The second-order valence-electron chi connectivity index (χ2n) is 5.97. The number of nitrogens with one attached hydrogen (secondary N) is 2. The quantitative estimate of drug-likeness (QED) is 0.534. The molecule has 0 aliphatic heterocycles. The first-order valence-corrected chi connectivity index (χ1v) is 10.2. The van der Waals surface area contributed by atoms with Crippen molar-refractivity contribution >= 4 is 39.1 Å². The summed E-state index contributed by atoms with van der Waals surface area (Å²) < 4.78 is 26.9. The van der Waals surface area contributed by atoms with Crippen LogP contribution in [0.5, 0.6) is 0 Å². The first-order valence-electron chi connectivity index (χ1n) is 7.95. The van der Waals surface area contributed by atoms with Crippen molar-refractivity contribution in [1.82, 2.24) is 4.72 Å². The van der Waals surface area contributed by atoms with E-state index in [-0.39, 0.29) is 22.5 Å². The Balaban J connectivity index is 2.32. The Hall–Kier alpha value is -2.43. The van der Waals surface area contributed by atoms with Crippen molar-refractivity contribution < 1.29 is 18.1 Å². The Morgan fingerprint density at radius 3 is 2.30 bits per heavy atom. The molecule has 0 saturated carbocycles. The van der Waals surface area contributed by atoms with E-state index in [1.54, 1.807) is 38.1 Å². The van der Waals surface area contributed by atoms with Gasteiger partial charge in [0.15, 0.2) is 0 Å². The zero-order chi connectivity index (χ0) is 20.2. The maximum atomic E-state index is 12.2. The number of anilines is 1. The number of sulfonamides is 1. The number of carbonyl (C=O) groups is 1. The first kappa shape index (κ1) is 20.9. The summed E-state index contributed by atoms with van der Waals surface area (Å²) in [5.41, 5.74) is 0.320. The van der Waals surface area contributed by atoms with Crippen LogP contribution in [-0.4, -0.2) is 25.3 Å². The summed E-state index contributed by atoms with van der Waals surface area (Å²) in [5.74, 6) is -0.196. The highest BCUT2D eigenvalue weighted by Crippen LogP contribution is 2.36. The summed E-state index contributed by atoms with van der Waals surface area (Å²) in [6.45, 7) is 4.73. The van der Waals surface area contributed by atoms with Crippen LogP contribution < -0.4 is 10.0 Å². The van der Waals surface area contributed by atoms with Crippen LogP contribution >= 0.6 is 11.8 Å². The number of benzene rings is 2. The summed E-state index contributed by atoms with van der Waals surface area (Å²) in [5, 5.41) is 14.1. The molecule has 0 spiro atoms. The van der Waals surface area contributed by atoms with Gasteiger partial charge in [0.05, 0.1) is 14.7 Å². The van der Waals surface area contributed by atoms with Gasteiger partial charge in [-0.05, 0) is 50.2 Å². The molecule has 2 rings (SSSR count). The zero-order valence-electron chi connectivity index (χ0n) is 14.9. The molecule has 2 aromatic rings. The van der Waals surface area contributed by atoms with Gasteiger partial charge in [0, 0.05) is 29.6 Å². The molecule has 8 nitrogen and oxygen atoms in total. The molecule has 0 saturated heterocycles. The van der Waals surface area contributed by atoms with Crippen LogP contribution in [0.4, 0.5) is 11.4 Å². The van der Waals surface area contributed by atoms with E-state index in [2.05, 4.69) is 10.0 Å². The van der Waals surface area contributed by atoms with Crippen LogP contribution in [0.2, 0.25) is 0 Å². The topological polar surface area (TPSA) is 118 Å². The van der Waals surface area contributed by atoms with E-state index >= 15 is 0 Å². The smallest absolute Gasteiger partial charge is 0.284 e. The summed E-state index contributed by atoms with van der Waals surface area (Å²) in [6.07, 6.45) is 0. The number of hydrogen-bond acceptors (Lipinski definition) is 6. The summed E-state index contributed by atoms with van der Waals surface area (Å²) in [6, 6.07) is 10.3. The van der Waals surface area contributed by atoms with Crippen molar-refractivity contribution in [2.24, 2.45) is 0 Å². The standard InChI is InChI=1S/C17H19N3O5S2/c1-11(2)19-27(24,25)15-8-9-17(16(10-15)20(22)23)26-14-6-4-13(5-7-14)18-12(3)21/h4-11,19H,1-3H3,(H,18,21). The molecule has 0 heterocycles. The van der Waals surface area contributed by atoms with Gasteiger partial charge in [-0.25, -0.2) is 13.1 Å². The van der Waals surface area contributed by atoms with E-state index in [0.717, 1.165) is 17.8 Å². The number of hydrogen-bond donors (Lipinski definition) is 2. The molecular weight excluding hydrogens is 390 g/mol. The molecule has 0 aromatic heterocycles. The number of rotatable bonds is 7. The lowest BCUT2D eigenvalue weighted by Gasteiger charge is -2.10. The Morgan fingerprint density at radius 1 is 1.15 bits per heavy atom. The van der Waals surface area contributed by atoms with Gasteiger partial charge in [0.25, 0.3) is 5.69 Å². The zero-order valence-corrected chi connectivity index (χ0v) is 16.6. The predicted molar refractivity (Wildman–Crippen MR) is 103 cm³/mol. The van der Waals surface area contributed by atoms with Crippen molar-refractivity contribution in [1.29, 1.82) is 0 Å². The maximum Gasteiger partial charge on any atom is 0.284 e. The molecule has 0 bridgehead atoms. The van der Waals surface area contributed by atoms with Crippen LogP contribution in [0.15, 0.2) is 57.2 Å². The summed E-state index contributed by atoms with van der Waals surface area (Å²) in [7, 11) is -3.83. The van der Waals surface area contributed by atoms with Crippen molar-refractivity contribution in [3.63, 3.8) is 0 Å². The minimum Gasteiger partial charge on any atom is -0.326 e. The molecule has 0 unspecified atom stereocenters. The molecule has 27 heavy (non-hydrogen) atoms. The van der Waals surface area contributed by atoms with E-state index in [1.165, 1.54) is 19.1 Å². The van der Waals surface area contributed by atoms with Crippen LogP contribution in [0.3, 0.4) is 0 Å². The Morgan fingerprint density at radius 2 is 1.78 bits per heavy atom. The first-order chi connectivity index (χ1) is 12.6. The summed E-state index contributed by atoms with van der Waals surface area (Å²) in [4.78, 5) is 22.7.